The summed E-state index contributed by atoms with van der Waals surface area (Å²) in [6.45, 7) is 3.61. The van der Waals surface area contributed by atoms with E-state index in [0.29, 0.717) is 0 Å². The molecule has 1 heterocycles. The number of carbonyl (C=O) groups is 3. The SMILES string of the molecule is CCOC(=O)CC[C@H](NC(=O)c1cc([N+](=O)[O-])cs1)C(=O)OCC. The number of carbonyl (C=O) groups excluding carboxylic acids is 3. The largest absolute Gasteiger partial charge is 0.466 e. The molecule has 1 amide bonds. The molecule has 0 aliphatic heterocycles. The normalized spacial score (nSPS) is 11.4. The van der Waals surface area contributed by atoms with Crippen molar-refractivity contribution < 1.29 is 28.8 Å². The van der Waals surface area contributed by atoms with Gasteiger partial charge in [-0.25, -0.2) is 4.79 Å². The monoisotopic (exact) mass is 358 g/mol. The van der Waals surface area contributed by atoms with Gasteiger partial charge in [-0.15, -0.1) is 11.3 Å². The average molecular weight is 358 g/mol. The van der Waals surface area contributed by atoms with Crippen LogP contribution in [0.5, 0.6) is 0 Å². The second-order valence-electron chi connectivity index (χ2n) is 4.55. The number of rotatable bonds is 9. The number of esters is 2. The lowest BCUT2D eigenvalue weighted by molar-refractivity contribution is -0.384. The van der Waals surface area contributed by atoms with Crippen molar-refractivity contribution in [3.05, 3.63) is 26.4 Å². The van der Waals surface area contributed by atoms with Crippen molar-refractivity contribution in [2.45, 2.75) is 32.7 Å². The summed E-state index contributed by atoms with van der Waals surface area (Å²) < 4.78 is 9.64. The maximum absolute atomic E-state index is 12.1. The third kappa shape index (κ3) is 5.95. The number of hydrogen-bond acceptors (Lipinski definition) is 8. The van der Waals surface area contributed by atoms with E-state index in [2.05, 4.69) is 5.32 Å². The van der Waals surface area contributed by atoms with Crippen molar-refractivity contribution >= 4 is 34.9 Å². The summed E-state index contributed by atoms with van der Waals surface area (Å²) in [5.41, 5.74) is -0.204. The van der Waals surface area contributed by atoms with Crippen molar-refractivity contribution in [1.82, 2.24) is 5.32 Å². The van der Waals surface area contributed by atoms with E-state index in [4.69, 9.17) is 9.47 Å². The molecule has 1 aromatic rings. The highest BCUT2D eigenvalue weighted by atomic mass is 32.1. The second-order valence-corrected chi connectivity index (χ2v) is 5.46. The Kier molecular flexibility index (Phi) is 7.83. The molecule has 9 nitrogen and oxygen atoms in total. The molecule has 1 aromatic heterocycles. The summed E-state index contributed by atoms with van der Waals surface area (Å²) in [6, 6.07) is 0.0797. The molecule has 0 fully saturated rings. The van der Waals surface area contributed by atoms with Crippen LogP contribution < -0.4 is 5.32 Å². The molecule has 1 rings (SSSR count). The Morgan fingerprint density at radius 3 is 2.50 bits per heavy atom. The molecule has 0 bridgehead atoms. The predicted molar refractivity (Wildman–Crippen MR) is 84.7 cm³/mol. The summed E-state index contributed by atoms with van der Waals surface area (Å²) >= 11 is 0.888. The average Bonchev–Trinajstić information content (AvgIpc) is 3.02. The quantitative estimate of drug-likeness (QED) is 0.404. The van der Waals surface area contributed by atoms with Gasteiger partial charge in [0.15, 0.2) is 0 Å². The molecule has 24 heavy (non-hydrogen) atoms. The maximum atomic E-state index is 12.1. The topological polar surface area (TPSA) is 125 Å². The predicted octanol–water partition coefficient (Wildman–Crippen LogP) is 1.66. The second kappa shape index (κ2) is 9.60. The van der Waals surface area contributed by atoms with E-state index in [1.807, 2.05) is 0 Å². The fourth-order valence-corrected chi connectivity index (χ4v) is 2.51. The van der Waals surface area contributed by atoms with Gasteiger partial charge >= 0.3 is 11.9 Å². The van der Waals surface area contributed by atoms with E-state index >= 15 is 0 Å². The Morgan fingerprint density at radius 1 is 1.29 bits per heavy atom. The van der Waals surface area contributed by atoms with Gasteiger partial charge in [-0.2, -0.15) is 0 Å². The number of nitrogens with one attached hydrogen (secondary N) is 1. The van der Waals surface area contributed by atoms with Crippen molar-refractivity contribution in [2.24, 2.45) is 0 Å². The number of amides is 1. The van der Waals surface area contributed by atoms with Gasteiger partial charge in [-0.05, 0) is 20.3 Å². The van der Waals surface area contributed by atoms with E-state index in [0.717, 1.165) is 17.4 Å². The minimum atomic E-state index is -1.04. The molecule has 1 atom stereocenters. The Morgan fingerprint density at radius 2 is 1.96 bits per heavy atom. The first-order valence-corrected chi connectivity index (χ1v) is 8.13. The van der Waals surface area contributed by atoms with Crippen LogP contribution in [0.4, 0.5) is 5.69 Å². The molecule has 0 aromatic carbocycles. The van der Waals surface area contributed by atoms with Gasteiger partial charge in [0.05, 0.1) is 28.4 Å². The molecular weight excluding hydrogens is 340 g/mol. The van der Waals surface area contributed by atoms with Gasteiger partial charge in [0.25, 0.3) is 11.6 Å². The van der Waals surface area contributed by atoms with Crippen LogP contribution in [0, 0.1) is 10.1 Å². The molecule has 0 spiro atoms. The maximum Gasteiger partial charge on any atom is 0.328 e. The first-order chi connectivity index (χ1) is 11.4. The van der Waals surface area contributed by atoms with Crippen LogP contribution in [0.2, 0.25) is 0 Å². The van der Waals surface area contributed by atoms with E-state index < -0.39 is 28.8 Å². The Hall–Kier alpha value is -2.49. The molecule has 0 unspecified atom stereocenters. The lowest BCUT2D eigenvalue weighted by Crippen LogP contribution is -2.42. The van der Waals surface area contributed by atoms with Gasteiger partial charge in [0.2, 0.25) is 0 Å². The lowest BCUT2D eigenvalue weighted by Gasteiger charge is -2.16. The fraction of sp³-hybridized carbons (Fsp3) is 0.500. The zero-order valence-electron chi connectivity index (χ0n) is 13.3. The van der Waals surface area contributed by atoms with E-state index in [9.17, 15) is 24.5 Å². The Labute approximate surface area is 142 Å². The number of nitrogens with zero attached hydrogens (tertiary/aromatic N) is 1. The molecule has 0 aliphatic carbocycles. The van der Waals surface area contributed by atoms with Gasteiger partial charge in [-0.1, -0.05) is 0 Å². The molecule has 0 saturated heterocycles. The van der Waals surface area contributed by atoms with Gasteiger partial charge in [-0.3, -0.25) is 19.7 Å². The Balaban J connectivity index is 2.74. The third-order valence-electron chi connectivity index (χ3n) is 2.84. The summed E-state index contributed by atoms with van der Waals surface area (Å²) in [5.74, 6) is -1.82. The van der Waals surface area contributed by atoms with Crippen molar-refractivity contribution in [1.29, 1.82) is 0 Å². The standard InChI is InChI=1S/C14H18N2O7S/c1-3-22-12(17)6-5-10(14(19)23-4-2)15-13(18)11-7-9(8-24-11)16(20)21/h7-8,10H,3-6H2,1-2H3,(H,15,18)/t10-/m0/s1. The van der Waals surface area contributed by atoms with E-state index in [1.54, 1.807) is 13.8 Å². The van der Waals surface area contributed by atoms with Crippen LogP contribution in [0.3, 0.4) is 0 Å². The van der Waals surface area contributed by atoms with E-state index in [1.165, 1.54) is 5.38 Å². The first-order valence-electron chi connectivity index (χ1n) is 7.25. The van der Waals surface area contributed by atoms with Crippen LogP contribution in [0.1, 0.15) is 36.4 Å². The van der Waals surface area contributed by atoms with Crippen LogP contribution in [0.15, 0.2) is 11.4 Å². The van der Waals surface area contributed by atoms with Gasteiger partial charge in [0, 0.05) is 12.5 Å². The lowest BCUT2D eigenvalue weighted by atomic mass is 10.1. The summed E-state index contributed by atoms with van der Waals surface area (Å²) in [7, 11) is 0. The first kappa shape index (κ1) is 19.6. The molecule has 1 N–H and O–H groups in total. The highest BCUT2D eigenvalue weighted by Gasteiger charge is 2.25. The highest BCUT2D eigenvalue weighted by Crippen LogP contribution is 2.21. The third-order valence-corrected chi connectivity index (χ3v) is 3.76. The van der Waals surface area contributed by atoms with Crippen molar-refractivity contribution in [2.75, 3.05) is 13.2 Å². The summed E-state index contributed by atoms with van der Waals surface area (Å²) in [6.07, 6.45) is -0.0565. The van der Waals surface area contributed by atoms with Crippen LogP contribution in [-0.4, -0.2) is 42.0 Å². The van der Waals surface area contributed by atoms with Crippen molar-refractivity contribution in [3.63, 3.8) is 0 Å². The van der Waals surface area contributed by atoms with E-state index in [-0.39, 0.29) is 36.6 Å². The molecule has 10 heteroatoms. The van der Waals surface area contributed by atoms with Gasteiger partial charge in [0.1, 0.15) is 6.04 Å². The summed E-state index contributed by atoms with van der Waals surface area (Å²) in [5, 5.41) is 14.3. The zero-order valence-corrected chi connectivity index (χ0v) is 14.1. The Bertz CT molecular complexity index is 614. The fourth-order valence-electron chi connectivity index (χ4n) is 1.76. The molecule has 0 saturated carbocycles. The smallest absolute Gasteiger partial charge is 0.328 e. The number of hydrogen-bond donors (Lipinski definition) is 1. The van der Waals surface area contributed by atoms with Crippen LogP contribution in [-0.2, 0) is 19.1 Å². The number of thiophene rings is 1. The number of ether oxygens (including phenoxy) is 2. The van der Waals surface area contributed by atoms with Gasteiger partial charge < -0.3 is 14.8 Å². The van der Waals surface area contributed by atoms with Crippen LogP contribution >= 0.6 is 11.3 Å². The highest BCUT2D eigenvalue weighted by molar-refractivity contribution is 7.12. The number of nitro groups is 1. The van der Waals surface area contributed by atoms with Crippen LogP contribution in [0.25, 0.3) is 0 Å². The summed E-state index contributed by atoms with van der Waals surface area (Å²) in [4.78, 5) is 45.5. The minimum Gasteiger partial charge on any atom is -0.466 e. The zero-order chi connectivity index (χ0) is 18.1. The molecule has 132 valence electrons. The molecule has 0 radical (unpaired) electrons. The van der Waals surface area contributed by atoms with Crippen molar-refractivity contribution in [3.8, 4) is 0 Å². The minimum absolute atomic E-state index is 0.0108. The molecule has 0 aliphatic rings. The molecular formula is C14H18N2O7S.